The maximum Gasteiger partial charge on any atom is 0.268 e. The zero-order chi connectivity index (χ0) is 14.7. The molecule has 2 aromatic rings. The van der Waals surface area contributed by atoms with Gasteiger partial charge in [0, 0.05) is 23.8 Å². The van der Waals surface area contributed by atoms with Gasteiger partial charge in [0.25, 0.3) is 5.91 Å². The number of carbonyl (C=O) groups excluding carboxylic acids is 1. The molecular formula is C16H19BrN2O. The van der Waals surface area contributed by atoms with Gasteiger partial charge in [0.2, 0.25) is 0 Å². The summed E-state index contributed by atoms with van der Waals surface area (Å²) in [6, 6.07) is 10.2. The number of hydrogen-bond acceptors (Lipinski definition) is 1. The zero-order valence-electron chi connectivity index (χ0n) is 12.0. The van der Waals surface area contributed by atoms with Gasteiger partial charge in [-0.25, -0.2) is 0 Å². The third-order valence-corrected chi connectivity index (χ3v) is 3.80. The van der Waals surface area contributed by atoms with E-state index < -0.39 is 0 Å². The number of benzene rings is 1. The van der Waals surface area contributed by atoms with Crippen LogP contribution in [0.4, 0.5) is 0 Å². The van der Waals surface area contributed by atoms with Gasteiger partial charge in [-0.3, -0.25) is 4.79 Å². The summed E-state index contributed by atoms with van der Waals surface area (Å²) in [7, 11) is 1.87. The fourth-order valence-electron chi connectivity index (χ4n) is 2.27. The van der Waals surface area contributed by atoms with Crippen LogP contribution in [0.3, 0.4) is 0 Å². The van der Waals surface area contributed by atoms with E-state index in [0.29, 0.717) is 5.69 Å². The van der Waals surface area contributed by atoms with Crippen LogP contribution in [0.2, 0.25) is 0 Å². The van der Waals surface area contributed by atoms with Crippen molar-refractivity contribution in [3.05, 3.63) is 57.8 Å². The summed E-state index contributed by atoms with van der Waals surface area (Å²) in [6.07, 6.45) is 2.71. The summed E-state index contributed by atoms with van der Waals surface area (Å²) in [5.41, 5.74) is 3.19. The van der Waals surface area contributed by atoms with Crippen LogP contribution in [0.5, 0.6) is 0 Å². The molecule has 1 unspecified atom stereocenters. The first-order valence-electron chi connectivity index (χ1n) is 6.64. The third kappa shape index (κ3) is 3.51. The van der Waals surface area contributed by atoms with Crippen LogP contribution >= 0.6 is 15.9 Å². The first-order chi connectivity index (χ1) is 9.47. The van der Waals surface area contributed by atoms with Crippen molar-refractivity contribution in [2.75, 3.05) is 0 Å². The Morgan fingerprint density at radius 2 is 2.10 bits per heavy atom. The van der Waals surface area contributed by atoms with E-state index in [4.69, 9.17) is 0 Å². The van der Waals surface area contributed by atoms with Crippen LogP contribution in [0.25, 0.3) is 0 Å². The molecule has 1 N–H and O–H groups in total. The summed E-state index contributed by atoms with van der Waals surface area (Å²) < 4.78 is 2.73. The molecule has 0 saturated heterocycles. The standard InChI is InChI=1S/C16H19BrN2O/c1-11-6-4-5-7-13(11)8-12(2)18-16(20)15-9-14(17)10-19(15)3/h4-7,9-10,12H,8H2,1-3H3,(H,18,20). The summed E-state index contributed by atoms with van der Waals surface area (Å²) in [5.74, 6) is -0.0423. The molecule has 0 spiro atoms. The fourth-order valence-corrected chi connectivity index (χ4v) is 2.79. The lowest BCUT2D eigenvalue weighted by Gasteiger charge is -2.15. The summed E-state index contributed by atoms with van der Waals surface area (Å²) >= 11 is 3.38. The molecule has 1 heterocycles. The molecule has 1 aromatic heterocycles. The van der Waals surface area contributed by atoms with Crippen molar-refractivity contribution in [1.29, 1.82) is 0 Å². The highest BCUT2D eigenvalue weighted by Crippen LogP contribution is 2.14. The highest BCUT2D eigenvalue weighted by molar-refractivity contribution is 9.10. The molecule has 20 heavy (non-hydrogen) atoms. The molecule has 0 aliphatic rings. The largest absolute Gasteiger partial charge is 0.348 e. The number of rotatable bonds is 4. The van der Waals surface area contributed by atoms with Crippen LogP contribution in [-0.2, 0) is 13.5 Å². The highest BCUT2D eigenvalue weighted by Gasteiger charge is 2.14. The second-order valence-corrected chi connectivity index (χ2v) is 6.08. The smallest absolute Gasteiger partial charge is 0.268 e. The molecule has 4 heteroatoms. The maximum absolute atomic E-state index is 12.2. The van der Waals surface area contributed by atoms with Crippen molar-refractivity contribution in [3.63, 3.8) is 0 Å². The molecule has 0 aliphatic heterocycles. The quantitative estimate of drug-likeness (QED) is 0.912. The minimum absolute atomic E-state index is 0.0423. The van der Waals surface area contributed by atoms with Gasteiger partial charge in [0.15, 0.2) is 0 Å². The van der Waals surface area contributed by atoms with Gasteiger partial charge >= 0.3 is 0 Å². The van der Waals surface area contributed by atoms with Crippen molar-refractivity contribution >= 4 is 21.8 Å². The number of halogens is 1. The molecule has 0 fully saturated rings. The van der Waals surface area contributed by atoms with Crippen LogP contribution < -0.4 is 5.32 Å². The van der Waals surface area contributed by atoms with E-state index >= 15 is 0 Å². The van der Waals surface area contributed by atoms with Gasteiger partial charge in [-0.2, -0.15) is 0 Å². The highest BCUT2D eigenvalue weighted by atomic mass is 79.9. The van der Waals surface area contributed by atoms with Crippen molar-refractivity contribution in [1.82, 2.24) is 9.88 Å². The lowest BCUT2D eigenvalue weighted by atomic mass is 10.0. The van der Waals surface area contributed by atoms with Crippen molar-refractivity contribution in [2.24, 2.45) is 7.05 Å². The Hall–Kier alpha value is -1.55. The molecular weight excluding hydrogens is 316 g/mol. The number of nitrogens with one attached hydrogen (secondary N) is 1. The van der Waals surface area contributed by atoms with Crippen LogP contribution in [0.15, 0.2) is 41.0 Å². The summed E-state index contributed by atoms with van der Waals surface area (Å²) in [6.45, 7) is 4.13. The lowest BCUT2D eigenvalue weighted by molar-refractivity contribution is 0.0932. The topological polar surface area (TPSA) is 34.0 Å². The molecule has 1 aromatic carbocycles. The minimum Gasteiger partial charge on any atom is -0.348 e. The van der Waals surface area contributed by atoms with E-state index in [1.165, 1.54) is 11.1 Å². The van der Waals surface area contributed by atoms with Gasteiger partial charge in [0.1, 0.15) is 5.69 Å². The van der Waals surface area contributed by atoms with E-state index in [2.05, 4.69) is 40.3 Å². The number of carbonyl (C=O) groups is 1. The molecule has 0 saturated carbocycles. The Morgan fingerprint density at radius 3 is 2.70 bits per heavy atom. The van der Waals surface area contributed by atoms with Gasteiger partial charge in [-0.05, 0) is 53.4 Å². The molecule has 0 radical (unpaired) electrons. The third-order valence-electron chi connectivity index (χ3n) is 3.37. The van der Waals surface area contributed by atoms with Gasteiger partial charge in [0.05, 0.1) is 0 Å². The molecule has 0 bridgehead atoms. The molecule has 3 nitrogen and oxygen atoms in total. The van der Waals surface area contributed by atoms with E-state index in [0.717, 1.165) is 10.9 Å². The minimum atomic E-state index is -0.0423. The predicted molar refractivity (Wildman–Crippen MR) is 84.9 cm³/mol. The lowest BCUT2D eigenvalue weighted by Crippen LogP contribution is -2.35. The van der Waals surface area contributed by atoms with Gasteiger partial charge in [-0.1, -0.05) is 24.3 Å². The number of hydrogen-bond donors (Lipinski definition) is 1. The SMILES string of the molecule is Cc1ccccc1CC(C)NC(=O)c1cc(Br)cn1C. The number of amides is 1. The first-order valence-corrected chi connectivity index (χ1v) is 7.44. The monoisotopic (exact) mass is 334 g/mol. The number of nitrogens with zero attached hydrogens (tertiary/aromatic N) is 1. The fraction of sp³-hybridized carbons (Fsp3) is 0.312. The molecule has 1 atom stereocenters. The molecule has 0 aliphatic carbocycles. The van der Waals surface area contributed by atoms with E-state index in [1.807, 2.05) is 42.9 Å². The second-order valence-electron chi connectivity index (χ2n) is 5.16. The van der Waals surface area contributed by atoms with Crippen molar-refractivity contribution in [3.8, 4) is 0 Å². The van der Waals surface area contributed by atoms with E-state index in [9.17, 15) is 4.79 Å². The van der Waals surface area contributed by atoms with Crippen LogP contribution in [0, 0.1) is 6.92 Å². The maximum atomic E-state index is 12.2. The van der Waals surface area contributed by atoms with Gasteiger partial charge < -0.3 is 9.88 Å². The predicted octanol–water partition coefficient (Wildman–Crippen LogP) is 3.46. The summed E-state index contributed by atoms with van der Waals surface area (Å²) in [4.78, 5) is 12.2. The normalized spacial score (nSPS) is 12.2. The second kappa shape index (κ2) is 6.27. The van der Waals surface area contributed by atoms with E-state index in [-0.39, 0.29) is 11.9 Å². The van der Waals surface area contributed by atoms with Crippen molar-refractivity contribution < 1.29 is 4.79 Å². The van der Waals surface area contributed by atoms with Crippen LogP contribution in [-0.4, -0.2) is 16.5 Å². The zero-order valence-corrected chi connectivity index (χ0v) is 13.6. The number of aromatic nitrogens is 1. The molecule has 2 rings (SSSR count). The number of aryl methyl sites for hydroxylation is 2. The van der Waals surface area contributed by atoms with Crippen molar-refractivity contribution in [2.45, 2.75) is 26.3 Å². The van der Waals surface area contributed by atoms with Crippen LogP contribution in [0.1, 0.15) is 28.5 Å². The van der Waals surface area contributed by atoms with Gasteiger partial charge in [-0.15, -0.1) is 0 Å². The molecule has 1 amide bonds. The first kappa shape index (κ1) is 14.9. The Labute approximate surface area is 128 Å². The molecule has 106 valence electrons. The average molecular weight is 335 g/mol. The Balaban J connectivity index is 2.01. The Bertz CT molecular complexity index is 619. The Kier molecular flexibility index (Phi) is 4.65. The van der Waals surface area contributed by atoms with E-state index in [1.54, 1.807) is 0 Å². The Morgan fingerprint density at radius 1 is 1.40 bits per heavy atom. The summed E-state index contributed by atoms with van der Waals surface area (Å²) in [5, 5.41) is 3.05. The average Bonchev–Trinajstić information content (AvgIpc) is 2.71.